The van der Waals surface area contributed by atoms with E-state index in [1.807, 2.05) is 19.1 Å². The number of esters is 1. The molecule has 0 aliphatic rings. The third-order valence-electron chi connectivity index (χ3n) is 3.11. The lowest BCUT2D eigenvalue weighted by Crippen LogP contribution is -2.41. The number of carboxylic acids is 1. The molecule has 1 amide bonds. The molecule has 0 aromatic heterocycles. The number of aliphatic carboxylic acids is 1. The number of hydrogen-bond donors (Lipinski definition) is 2. The Morgan fingerprint density at radius 1 is 1.29 bits per heavy atom. The summed E-state index contributed by atoms with van der Waals surface area (Å²) in [4.78, 5) is 34.4. The highest BCUT2D eigenvalue weighted by atomic mass is 16.5. The van der Waals surface area contributed by atoms with E-state index in [0.717, 1.165) is 5.56 Å². The minimum absolute atomic E-state index is 0.0119. The molecule has 0 unspecified atom stereocenters. The summed E-state index contributed by atoms with van der Waals surface area (Å²) in [5.41, 5.74) is 1.29. The fourth-order valence-electron chi connectivity index (χ4n) is 1.91. The number of benzene rings is 1. The molecule has 0 radical (unpaired) electrons. The number of carboxylic acid groups (broad SMARTS) is 1. The topological polar surface area (TPSA) is 92.7 Å². The highest BCUT2D eigenvalue weighted by molar-refractivity contribution is 5.97. The van der Waals surface area contributed by atoms with Crippen LogP contribution in [0, 0.1) is 0 Å². The maximum absolute atomic E-state index is 12.2. The van der Waals surface area contributed by atoms with Gasteiger partial charge in [0.25, 0.3) is 5.91 Å². The second kappa shape index (κ2) is 8.04. The summed E-state index contributed by atoms with van der Waals surface area (Å²) in [5, 5.41) is 11.6. The van der Waals surface area contributed by atoms with E-state index in [-0.39, 0.29) is 12.8 Å². The van der Waals surface area contributed by atoms with Crippen LogP contribution in [0.15, 0.2) is 24.3 Å². The van der Waals surface area contributed by atoms with E-state index in [9.17, 15) is 14.4 Å². The van der Waals surface area contributed by atoms with E-state index in [0.29, 0.717) is 12.0 Å². The predicted molar refractivity (Wildman–Crippen MR) is 76.0 cm³/mol. The quantitative estimate of drug-likeness (QED) is 0.741. The SMILES string of the molecule is CCc1ccccc1C(=O)N[C@@H](CCC(=O)OC)C(=O)O. The number of aryl methyl sites for hydroxylation is 1. The van der Waals surface area contributed by atoms with Crippen molar-refractivity contribution in [2.24, 2.45) is 0 Å². The third kappa shape index (κ3) is 4.91. The van der Waals surface area contributed by atoms with Crippen LogP contribution in [-0.4, -0.2) is 36.1 Å². The van der Waals surface area contributed by atoms with Gasteiger partial charge >= 0.3 is 11.9 Å². The zero-order chi connectivity index (χ0) is 15.8. The molecule has 0 spiro atoms. The summed E-state index contributed by atoms with van der Waals surface area (Å²) in [7, 11) is 1.23. The molecule has 0 fully saturated rings. The normalized spacial score (nSPS) is 11.5. The van der Waals surface area contributed by atoms with Crippen LogP contribution in [0.3, 0.4) is 0 Å². The molecule has 6 nitrogen and oxygen atoms in total. The van der Waals surface area contributed by atoms with Crippen molar-refractivity contribution < 1.29 is 24.2 Å². The monoisotopic (exact) mass is 293 g/mol. The van der Waals surface area contributed by atoms with Crippen LogP contribution in [0.2, 0.25) is 0 Å². The lowest BCUT2D eigenvalue weighted by atomic mass is 10.0. The summed E-state index contributed by atoms with van der Waals surface area (Å²) >= 11 is 0. The van der Waals surface area contributed by atoms with Gasteiger partial charge in [-0.05, 0) is 24.5 Å². The smallest absolute Gasteiger partial charge is 0.326 e. The Balaban J connectivity index is 2.76. The highest BCUT2D eigenvalue weighted by Gasteiger charge is 2.22. The van der Waals surface area contributed by atoms with E-state index < -0.39 is 23.9 Å². The van der Waals surface area contributed by atoms with Gasteiger partial charge in [0.15, 0.2) is 0 Å². The van der Waals surface area contributed by atoms with Crippen LogP contribution in [0.1, 0.15) is 35.7 Å². The van der Waals surface area contributed by atoms with Crippen LogP contribution in [0.25, 0.3) is 0 Å². The Hall–Kier alpha value is -2.37. The Labute approximate surface area is 123 Å². The zero-order valence-electron chi connectivity index (χ0n) is 12.1. The van der Waals surface area contributed by atoms with Gasteiger partial charge in [0, 0.05) is 12.0 Å². The lowest BCUT2D eigenvalue weighted by molar-refractivity contribution is -0.142. The van der Waals surface area contributed by atoms with Crippen molar-refractivity contribution in [3.05, 3.63) is 35.4 Å². The summed E-state index contributed by atoms with van der Waals surface area (Å²) in [6.07, 6.45) is 0.592. The van der Waals surface area contributed by atoms with Gasteiger partial charge in [0.2, 0.25) is 0 Å². The molecule has 21 heavy (non-hydrogen) atoms. The standard InChI is InChI=1S/C15H19NO5/c1-3-10-6-4-5-7-11(10)14(18)16-12(15(19)20)8-9-13(17)21-2/h4-7,12H,3,8-9H2,1-2H3,(H,16,18)(H,19,20)/t12-/m0/s1. The van der Waals surface area contributed by atoms with Crippen LogP contribution < -0.4 is 5.32 Å². The fourth-order valence-corrected chi connectivity index (χ4v) is 1.91. The van der Waals surface area contributed by atoms with Crippen LogP contribution in [-0.2, 0) is 20.7 Å². The maximum atomic E-state index is 12.2. The Morgan fingerprint density at radius 3 is 2.52 bits per heavy atom. The van der Waals surface area contributed by atoms with Gasteiger partial charge in [0.05, 0.1) is 7.11 Å². The van der Waals surface area contributed by atoms with Crippen molar-refractivity contribution in [3.8, 4) is 0 Å². The Kier molecular flexibility index (Phi) is 6.39. The number of ether oxygens (including phenoxy) is 1. The van der Waals surface area contributed by atoms with E-state index in [1.54, 1.807) is 12.1 Å². The molecule has 0 saturated heterocycles. The number of hydrogen-bond acceptors (Lipinski definition) is 4. The van der Waals surface area contributed by atoms with Crippen molar-refractivity contribution in [2.75, 3.05) is 7.11 Å². The molecule has 0 aliphatic carbocycles. The van der Waals surface area contributed by atoms with Crippen molar-refractivity contribution in [2.45, 2.75) is 32.2 Å². The van der Waals surface area contributed by atoms with Gasteiger partial charge in [0.1, 0.15) is 6.04 Å². The largest absolute Gasteiger partial charge is 0.480 e. The number of carbonyl (C=O) groups is 3. The summed E-state index contributed by atoms with van der Waals surface area (Å²) < 4.78 is 4.46. The highest BCUT2D eigenvalue weighted by Crippen LogP contribution is 2.10. The molecule has 114 valence electrons. The average Bonchev–Trinajstić information content (AvgIpc) is 2.50. The van der Waals surface area contributed by atoms with Crippen molar-refractivity contribution >= 4 is 17.8 Å². The first-order chi connectivity index (χ1) is 9.99. The maximum Gasteiger partial charge on any atom is 0.326 e. The Morgan fingerprint density at radius 2 is 1.95 bits per heavy atom. The number of methoxy groups -OCH3 is 1. The predicted octanol–water partition coefficient (Wildman–Crippen LogP) is 1.39. The molecule has 0 bridgehead atoms. The number of nitrogens with one attached hydrogen (secondary N) is 1. The van der Waals surface area contributed by atoms with Gasteiger partial charge < -0.3 is 15.2 Å². The summed E-state index contributed by atoms with van der Waals surface area (Å²) in [6.45, 7) is 1.91. The second-order valence-corrected chi connectivity index (χ2v) is 4.49. The number of carbonyl (C=O) groups excluding carboxylic acids is 2. The van der Waals surface area contributed by atoms with Gasteiger partial charge in [-0.3, -0.25) is 9.59 Å². The van der Waals surface area contributed by atoms with Crippen molar-refractivity contribution in [1.82, 2.24) is 5.32 Å². The van der Waals surface area contributed by atoms with Crippen LogP contribution in [0.4, 0.5) is 0 Å². The van der Waals surface area contributed by atoms with Crippen LogP contribution >= 0.6 is 0 Å². The Bertz CT molecular complexity index is 527. The van der Waals surface area contributed by atoms with Crippen molar-refractivity contribution in [1.29, 1.82) is 0 Å². The molecule has 1 rings (SSSR count). The minimum Gasteiger partial charge on any atom is -0.480 e. The molecule has 0 saturated carbocycles. The second-order valence-electron chi connectivity index (χ2n) is 4.49. The number of rotatable bonds is 7. The van der Waals surface area contributed by atoms with Gasteiger partial charge in [-0.2, -0.15) is 0 Å². The van der Waals surface area contributed by atoms with E-state index >= 15 is 0 Å². The van der Waals surface area contributed by atoms with E-state index in [1.165, 1.54) is 7.11 Å². The van der Waals surface area contributed by atoms with E-state index in [4.69, 9.17) is 5.11 Å². The molecule has 0 heterocycles. The first-order valence-corrected chi connectivity index (χ1v) is 6.68. The molecule has 6 heteroatoms. The summed E-state index contributed by atoms with van der Waals surface area (Å²) in [6, 6.07) is 5.88. The lowest BCUT2D eigenvalue weighted by Gasteiger charge is -2.15. The molecule has 1 aromatic carbocycles. The minimum atomic E-state index is -1.18. The molecular weight excluding hydrogens is 274 g/mol. The molecule has 0 aliphatic heterocycles. The first kappa shape index (κ1) is 16.7. The molecular formula is C15H19NO5. The van der Waals surface area contributed by atoms with Crippen molar-refractivity contribution in [3.63, 3.8) is 0 Å². The zero-order valence-corrected chi connectivity index (χ0v) is 12.1. The van der Waals surface area contributed by atoms with Gasteiger partial charge in [-0.15, -0.1) is 0 Å². The average molecular weight is 293 g/mol. The summed E-state index contributed by atoms with van der Waals surface area (Å²) in [5.74, 6) is -2.14. The molecule has 2 N–H and O–H groups in total. The fraction of sp³-hybridized carbons (Fsp3) is 0.400. The molecule has 1 atom stereocenters. The molecule has 1 aromatic rings. The van der Waals surface area contributed by atoms with Gasteiger partial charge in [-0.1, -0.05) is 25.1 Å². The first-order valence-electron chi connectivity index (χ1n) is 6.68. The number of amides is 1. The van der Waals surface area contributed by atoms with Crippen LogP contribution in [0.5, 0.6) is 0 Å². The van der Waals surface area contributed by atoms with Gasteiger partial charge in [-0.25, -0.2) is 4.79 Å². The third-order valence-corrected chi connectivity index (χ3v) is 3.11. The van der Waals surface area contributed by atoms with E-state index in [2.05, 4.69) is 10.1 Å².